The van der Waals surface area contributed by atoms with Gasteiger partial charge in [0.05, 0.1) is 12.7 Å². The summed E-state index contributed by atoms with van der Waals surface area (Å²) in [6, 6.07) is 6.93. The summed E-state index contributed by atoms with van der Waals surface area (Å²) in [5.41, 5.74) is 4.43. The monoisotopic (exact) mass is 315 g/mol. The van der Waals surface area contributed by atoms with Gasteiger partial charge in [-0.25, -0.2) is 5.90 Å². The summed E-state index contributed by atoms with van der Waals surface area (Å²) in [6.07, 6.45) is 5.56. The van der Waals surface area contributed by atoms with Crippen LogP contribution in [0, 0.1) is 24.2 Å². The molecule has 1 aromatic rings. The Kier molecular flexibility index (Phi) is 3.79. The average molecular weight is 315 g/mol. The van der Waals surface area contributed by atoms with Gasteiger partial charge in [-0.05, 0) is 73.3 Å². The molecular weight excluding hydrogens is 286 g/mol. The van der Waals surface area contributed by atoms with Crippen LogP contribution in [0.25, 0.3) is 0 Å². The maximum Gasteiger partial charge on any atom is 0.0748 e. The first-order chi connectivity index (χ1) is 11.0. The third-order valence-corrected chi connectivity index (χ3v) is 7.32. The van der Waals surface area contributed by atoms with E-state index in [1.54, 1.807) is 0 Å². The Morgan fingerprint density at radius 3 is 2.87 bits per heavy atom. The topological polar surface area (TPSA) is 55.5 Å². The highest BCUT2D eigenvalue weighted by molar-refractivity contribution is 5.40. The van der Waals surface area contributed by atoms with Crippen molar-refractivity contribution < 1.29 is 9.94 Å². The predicted molar refractivity (Wildman–Crippen MR) is 91.0 cm³/mol. The van der Waals surface area contributed by atoms with Crippen molar-refractivity contribution in [1.29, 1.82) is 0 Å². The van der Waals surface area contributed by atoms with E-state index in [-0.39, 0.29) is 11.5 Å². The van der Waals surface area contributed by atoms with Crippen LogP contribution in [0.5, 0.6) is 0 Å². The SMILES string of the molecule is Cc1ccc2c(c1)[C@H](CON)C[C@@H]1[C@@H]2CC[C@]2(C)C(O)CC[C@@H]12. The van der Waals surface area contributed by atoms with Gasteiger partial charge < -0.3 is 9.94 Å². The maximum atomic E-state index is 10.5. The van der Waals surface area contributed by atoms with E-state index in [4.69, 9.17) is 10.7 Å². The molecule has 0 bridgehead atoms. The van der Waals surface area contributed by atoms with Gasteiger partial charge in [-0.3, -0.25) is 0 Å². The number of nitrogens with two attached hydrogens (primary N) is 1. The number of hydrogen-bond donors (Lipinski definition) is 2. The van der Waals surface area contributed by atoms with E-state index in [0.29, 0.717) is 30.3 Å². The number of aliphatic hydroxyl groups is 1. The highest BCUT2D eigenvalue weighted by atomic mass is 16.6. The summed E-state index contributed by atoms with van der Waals surface area (Å²) < 4.78 is 0. The van der Waals surface area contributed by atoms with Crippen molar-refractivity contribution in [3.8, 4) is 0 Å². The molecule has 0 heterocycles. The zero-order valence-corrected chi connectivity index (χ0v) is 14.3. The molecule has 3 heteroatoms. The molecule has 0 amide bonds. The van der Waals surface area contributed by atoms with E-state index < -0.39 is 0 Å². The normalized spacial score (nSPS) is 42.0. The van der Waals surface area contributed by atoms with Gasteiger partial charge in [-0.1, -0.05) is 30.7 Å². The standard InChI is InChI=1S/C20H29NO2/c1-12-3-4-14-15-7-8-20(2)18(5-6-19(20)22)17(15)10-13(11-23-21)16(14)9-12/h3-4,9,13,15,17-19,22H,5-8,10-11,21H2,1-2H3/t13-,15+,17+,18-,19?,20-/m0/s1. The third-order valence-electron chi connectivity index (χ3n) is 7.32. The number of benzene rings is 1. The second-order valence-electron chi connectivity index (χ2n) is 8.41. The average Bonchev–Trinajstić information content (AvgIpc) is 2.83. The van der Waals surface area contributed by atoms with Gasteiger partial charge in [0.15, 0.2) is 0 Å². The van der Waals surface area contributed by atoms with Crippen LogP contribution in [-0.2, 0) is 4.84 Å². The lowest BCUT2D eigenvalue weighted by molar-refractivity contribution is -0.0283. The van der Waals surface area contributed by atoms with Crippen molar-refractivity contribution in [1.82, 2.24) is 0 Å². The number of rotatable bonds is 2. The molecule has 1 unspecified atom stereocenters. The van der Waals surface area contributed by atoms with Crippen LogP contribution < -0.4 is 5.90 Å². The van der Waals surface area contributed by atoms with Crippen molar-refractivity contribution in [2.45, 2.75) is 63.9 Å². The fourth-order valence-electron chi connectivity index (χ4n) is 6.09. The van der Waals surface area contributed by atoms with Gasteiger partial charge >= 0.3 is 0 Å². The summed E-state index contributed by atoms with van der Waals surface area (Å²) in [7, 11) is 0. The molecule has 1 aromatic carbocycles. The number of hydrogen-bond acceptors (Lipinski definition) is 3. The quantitative estimate of drug-likeness (QED) is 0.819. The van der Waals surface area contributed by atoms with E-state index in [1.165, 1.54) is 29.5 Å². The summed E-state index contributed by atoms with van der Waals surface area (Å²) in [6.45, 7) is 5.09. The molecular formula is C20H29NO2. The zero-order chi connectivity index (χ0) is 16.2. The summed E-state index contributed by atoms with van der Waals surface area (Å²) in [5.74, 6) is 7.80. The first kappa shape index (κ1) is 15.6. The van der Waals surface area contributed by atoms with Crippen LogP contribution in [0.4, 0.5) is 0 Å². The van der Waals surface area contributed by atoms with Crippen LogP contribution in [0.3, 0.4) is 0 Å². The van der Waals surface area contributed by atoms with E-state index in [9.17, 15) is 5.11 Å². The highest BCUT2D eigenvalue weighted by Crippen LogP contribution is 2.62. The molecule has 23 heavy (non-hydrogen) atoms. The van der Waals surface area contributed by atoms with Crippen molar-refractivity contribution in [3.05, 3.63) is 34.9 Å². The molecule has 3 nitrogen and oxygen atoms in total. The largest absolute Gasteiger partial charge is 0.393 e. The van der Waals surface area contributed by atoms with Crippen LogP contribution in [0.1, 0.15) is 67.6 Å². The lowest BCUT2D eigenvalue weighted by Gasteiger charge is -2.51. The van der Waals surface area contributed by atoms with E-state index >= 15 is 0 Å². The number of aliphatic hydroxyl groups excluding tert-OH is 1. The Morgan fingerprint density at radius 2 is 2.09 bits per heavy atom. The van der Waals surface area contributed by atoms with Crippen molar-refractivity contribution in [2.24, 2.45) is 23.1 Å². The first-order valence-electron chi connectivity index (χ1n) is 9.15. The van der Waals surface area contributed by atoms with E-state index in [2.05, 4.69) is 32.0 Å². The summed E-state index contributed by atoms with van der Waals surface area (Å²) in [5, 5.41) is 10.5. The smallest absolute Gasteiger partial charge is 0.0748 e. The van der Waals surface area contributed by atoms with Crippen molar-refractivity contribution in [3.63, 3.8) is 0 Å². The van der Waals surface area contributed by atoms with Gasteiger partial charge in [-0.15, -0.1) is 0 Å². The molecule has 6 atom stereocenters. The zero-order valence-electron chi connectivity index (χ0n) is 14.3. The number of aryl methyl sites for hydroxylation is 1. The van der Waals surface area contributed by atoms with E-state index in [0.717, 1.165) is 19.3 Å². The predicted octanol–water partition coefficient (Wildman–Crippen LogP) is 3.64. The van der Waals surface area contributed by atoms with Crippen LogP contribution in [0.2, 0.25) is 0 Å². The van der Waals surface area contributed by atoms with Gasteiger partial charge in [-0.2, -0.15) is 0 Å². The molecule has 0 spiro atoms. The molecule has 3 aliphatic rings. The summed E-state index contributed by atoms with van der Waals surface area (Å²) >= 11 is 0. The molecule has 0 aliphatic heterocycles. The van der Waals surface area contributed by atoms with Gasteiger partial charge in [0.25, 0.3) is 0 Å². The van der Waals surface area contributed by atoms with Crippen LogP contribution >= 0.6 is 0 Å². The van der Waals surface area contributed by atoms with Crippen molar-refractivity contribution >= 4 is 0 Å². The minimum atomic E-state index is -0.114. The second-order valence-corrected chi connectivity index (χ2v) is 8.41. The molecule has 0 saturated heterocycles. The Hall–Kier alpha value is -0.900. The number of fused-ring (bicyclic) bond motifs is 5. The molecule has 3 aliphatic carbocycles. The lowest BCUT2D eigenvalue weighted by Crippen LogP contribution is -2.44. The van der Waals surface area contributed by atoms with E-state index in [1.807, 2.05) is 0 Å². The Balaban J connectivity index is 1.74. The van der Waals surface area contributed by atoms with Crippen molar-refractivity contribution in [2.75, 3.05) is 6.61 Å². The molecule has 0 aromatic heterocycles. The van der Waals surface area contributed by atoms with Gasteiger partial charge in [0, 0.05) is 5.92 Å². The minimum Gasteiger partial charge on any atom is -0.393 e. The van der Waals surface area contributed by atoms with Gasteiger partial charge in [0.1, 0.15) is 0 Å². The fraction of sp³-hybridized carbons (Fsp3) is 0.700. The molecule has 126 valence electrons. The Labute approximate surface area is 139 Å². The maximum absolute atomic E-state index is 10.5. The summed E-state index contributed by atoms with van der Waals surface area (Å²) in [4.78, 5) is 5.07. The highest BCUT2D eigenvalue weighted by Gasteiger charge is 2.55. The van der Waals surface area contributed by atoms with Crippen LogP contribution in [0.15, 0.2) is 18.2 Å². The Bertz CT molecular complexity index is 601. The Morgan fingerprint density at radius 1 is 1.26 bits per heavy atom. The molecule has 2 saturated carbocycles. The molecule has 2 fully saturated rings. The van der Waals surface area contributed by atoms with Crippen LogP contribution in [-0.4, -0.2) is 17.8 Å². The third kappa shape index (κ3) is 2.28. The molecule has 4 rings (SSSR count). The molecule has 3 N–H and O–H groups in total. The molecule has 0 radical (unpaired) electrons. The lowest BCUT2D eigenvalue weighted by atomic mass is 9.54. The second kappa shape index (κ2) is 5.58. The van der Waals surface area contributed by atoms with Gasteiger partial charge in [0.2, 0.25) is 0 Å². The minimum absolute atomic E-state index is 0.114. The fourth-order valence-corrected chi connectivity index (χ4v) is 6.09. The first-order valence-corrected chi connectivity index (χ1v) is 9.15.